The van der Waals surface area contributed by atoms with Crippen LogP contribution in [0.3, 0.4) is 0 Å². The Balaban J connectivity index is 2.35. The van der Waals surface area contributed by atoms with Gasteiger partial charge in [0.15, 0.2) is 0 Å². The van der Waals surface area contributed by atoms with Crippen molar-refractivity contribution < 1.29 is 21.6 Å². The summed E-state index contributed by atoms with van der Waals surface area (Å²) in [5, 5.41) is 2.38. The van der Waals surface area contributed by atoms with Gasteiger partial charge in [-0.05, 0) is 57.3 Å². The van der Waals surface area contributed by atoms with E-state index in [1.54, 1.807) is 13.8 Å². The van der Waals surface area contributed by atoms with Crippen LogP contribution in [0.5, 0.6) is 0 Å². The van der Waals surface area contributed by atoms with E-state index in [0.717, 1.165) is 6.07 Å². The summed E-state index contributed by atoms with van der Waals surface area (Å²) in [6.45, 7) is 3.29. The summed E-state index contributed by atoms with van der Waals surface area (Å²) in [5.41, 5.74) is 0.188. The van der Waals surface area contributed by atoms with Crippen LogP contribution in [-0.4, -0.2) is 35.8 Å². The van der Waals surface area contributed by atoms with Crippen LogP contribution >= 0.6 is 23.2 Å². The van der Waals surface area contributed by atoms with Crippen LogP contribution in [0.4, 0.5) is 5.69 Å². The standard InChI is InChI=1S/C17H19Cl2N3O5S2/c1-10(2)22-29(26,27)16-8-13(14(18)9-15(16)19)17(23)21-11-4-6-12(7-5-11)28(24,25)20-3/h4-10,20,22H,1-3H3,(H,21,23). The highest BCUT2D eigenvalue weighted by molar-refractivity contribution is 7.89. The first-order valence-corrected chi connectivity index (χ1v) is 12.0. The quantitative estimate of drug-likeness (QED) is 0.563. The molecule has 158 valence electrons. The second-order valence-corrected chi connectivity index (χ2v) is 10.6. The molecule has 12 heteroatoms. The molecule has 1 amide bonds. The zero-order valence-electron chi connectivity index (χ0n) is 15.7. The lowest BCUT2D eigenvalue weighted by Gasteiger charge is -2.13. The fourth-order valence-corrected chi connectivity index (χ4v) is 5.16. The molecule has 0 aliphatic carbocycles. The van der Waals surface area contributed by atoms with Crippen LogP contribution in [0.15, 0.2) is 46.2 Å². The third kappa shape index (κ3) is 5.68. The van der Waals surface area contributed by atoms with Crippen molar-refractivity contribution in [2.75, 3.05) is 12.4 Å². The van der Waals surface area contributed by atoms with Gasteiger partial charge in [0.25, 0.3) is 5.91 Å². The van der Waals surface area contributed by atoms with Gasteiger partial charge in [-0.25, -0.2) is 26.3 Å². The van der Waals surface area contributed by atoms with Crippen molar-refractivity contribution in [3.63, 3.8) is 0 Å². The van der Waals surface area contributed by atoms with Gasteiger partial charge in [-0.3, -0.25) is 4.79 Å². The van der Waals surface area contributed by atoms with Crippen LogP contribution < -0.4 is 14.8 Å². The number of anilines is 1. The monoisotopic (exact) mass is 479 g/mol. The topological polar surface area (TPSA) is 121 Å². The molecule has 0 unspecified atom stereocenters. The molecule has 2 aromatic carbocycles. The smallest absolute Gasteiger partial charge is 0.257 e. The van der Waals surface area contributed by atoms with Gasteiger partial charge in [-0.1, -0.05) is 23.2 Å². The molecule has 0 atom stereocenters. The van der Waals surface area contributed by atoms with Crippen molar-refractivity contribution >= 4 is 54.8 Å². The molecular weight excluding hydrogens is 461 g/mol. The summed E-state index contributed by atoms with van der Waals surface area (Å²) in [4.78, 5) is 12.3. The first-order chi connectivity index (χ1) is 13.4. The molecule has 0 aromatic heterocycles. The van der Waals surface area contributed by atoms with Crippen molar-refractivity contribution in [2.45, 2.75) is 29.7 Å². The number of hydrogen-bond donors (Lipinski definition) is 3. The zero-order chi connectivity index (χ0) is 22.0. The molecule has 0 saturated heterocycles. The molecule has 3 N–H and O–H groups in total. The fourth-order valence-electron chi connectivity index (χ4n) is 2.32. The summed E-state index contributed by atoms with van der Waals surface area (Å²) in [6, 6.07) is 7.30. The van der Waals surface area contributed by atoms with Crippen LogP contribution in [0.25, 0.3) is 0 Å². The van der Waals surface area contributed by atoms with Crippen molar-refractivity contribution in [1.82, 2.24) is 9.44 Å². The largest absolute Gasteiger partial charge is 0.322 e. The van der Waals surface area contributed by atoms with Gasteiger partial charge in [0.2, 0.25) is 20.0 Å². The summed E-state index contributed by atoms with van der Waals surface area (Å²) in [6.07, 6.45) is 0. The van der Waals surface area contributed by atoms with E-state index in [9.17, 15) is 21.6 Å². The van der Waals surface area contributed by atoms with Crippen molar-refractivity contribution in [1.29, 1.82) is 0 Å². The molecule has 0 saturated carbocycles. The van der Waals surface area contributed by atoms with Gasteiger partial charge >= 0.3 is 0 Å². The van der Waals surface area contributed by atoms with Crippen molar-refractivity contribution in [2.24, 2.45) is 0 Å². The maximum Gasteiger partial charge on any atom is 0.257 e. The number of carbonyl (C=O) groups is 1. The minimum absolute atomic E-state index is 0.0238. The molecule has 0 aliphatic rings. The average Bonchev–Trinajstić information content (AvgIpc) is 2.60. The Kier molecular flexibility index (Phi) is 7.31. The van der Waals surface area contributed by atoms with E-state index >= 15 is 0 Å². The van der Waals surface area contributed by atoms with E-state index in [1.807, 2.05) is 0 Å². The molecule has 29 heavy (non-hydrogen) atoms. The van der Waals surface area contributed by atoms with E-state index in [-0.39, 0.29) is 31.4 Å². The molecule has 2 aromatic rings. The normalized spacial score (nSPS) is 12.2. The van der Waals surface area contributed by atoms with Gasteiger partial charge in [0, 0.05) is 11.7 Å². The molecule has 0 bridgehead atoms. The maximum atomic E-state index is 12.6. The number of halogens is 2. The first kappa shape index (κ1) is 23.6. The van der Waals surface area contributed by atoms with Crippen LogP contribution in [-0.2, 0) is 20.0 Å². The van der Waals surface area contributed by atoms with Gasteiger partial charge in [-0.2, -0.15) is 0 Å². The number of sulfonamides is 2. The van der Waals surface area contributed by atoms with Crippen LogP contribution in [0, 0.1) is 0 Å². The summed E-state index contributed by atoms with van der Waals surface area (Å²) >= 11 is 12.1. The molecule has 0 radical (unpaired) electrons. The zero-order valence-corrected chi connectivity index (χ0v) is 18.8. The van der Waals surface area contributed by atoms with Crippen LogP contribution in [0.2, 0.25) is 10.0 Å². The molecule has 0 heterocycles. The lowest BCUT2D eigenvalue weighted by Crippen LogP contribution is -2.30. The lowest BCUT2D eigenvalue weighted by atomic mass is 10.2. The van der Waals surface area contributed by atoms with Crippen molar-refractivity contribution in [3.05, 3.63) is 52.0 Å². The molecule has 0 fully saturated rings. The third-order valence-electron chi connectivity index (χ3n) is 3.64. The number of hydrogen-bond acceptors (Lipinski definition) is 5. The highest BCUT2D eigenvalue weighted by atomic mass is 35.5. The van der Waals surface area contributed by atoms with Gasteiger partial charge in [0.05, 0.1) is 20.5 Å². The molecule has 0 spiro atoms. The van der Waals surface area contributed by atoms with Crippen LogP contribution in [0.1, 0.15) is 24.2 Å². The Morgan fingerprint density at radius 2 is 1.52 bits per heavy atom. The SMILES string of the molecule is CNS(=O)(=O)c1ccc(NC(=O)c2cc(S(=O)(=O)NC(C)C)c(Cl)cc2Cl)cc1. The highest BCUT2D eigenvalue weighted by Gasteiger charge is 2.23. The van der Waals surface area contributed by atoms with E-state index in [0.29, 0.717) is 5.69 Å². The number of nitrogens with one attached hydrogen (secondary N) is 3. The summed E-state index contributed by atoms with van der Waals surface area (Å²) in [7, 11) is -6.28. The predicted molar refractivity (Wildman–Crippen MR) is 113 cm³/mol. The average molecular weight is 480 g/mol. The molecule has 0 aliphatic heterocycles. The van der Waals surface area contributed by atoms with Crippen molar-refractivity contribution in [3.8, 4) is 0 Å². The Morgan fingerprint density at radius 3 is 2.03 bits per heavy atom. The molecule has 8 nitrogen and oxygen atoms in total. The Labute approximate surface area is 179 Å². The second kappa shape index (κ2) is 8.99. The van der Waals surface area contributed by atoms with E-state index in [4.69, 9.17) is 23.2 Å². The number of carbonyl (C=O) groups excluding carboxylic acids is 1. The van der Waals surface area contributed by atoms with Gasteiger partial charge < -0.3 is 5.32 Å². The first-order valence-electron chi connectivity index (χ1n) is 8.23. The Hall–Kier alpha value is -1.69. The minimum Gasteiger partial charge on any atom is -0.322 e. The number of rotatable bonds is 7. The summed E-state index contributed by atoms with van der Waals surface area (Å²) in [5.74, 6) is -0.683. The number of amides is 1. The van der Waals surface area contributed by atoms with E-state index in [1.165, 1.54) is 37.4 Å². The number of benzene rings is 2. The fraction of sp³-hybridized carbons (Fsp3) is 0.235. The van der Waals surface area contributed by atoms with E-state index < -0.39 is 26.0 Å². The maximum absolute atomic E-state index is 12.6. The van der Waals surface area contributed by atoms with Gasteiger partial charge in [0.1, 0.15) is 4.90 Å². The van der Waals surface area contributed by atoms with Gasteiger partial charge in [-0.15, -0.1) is 0 Å². The minimum atomic E-state index is -3.95. The highest BCUT2D eigenvalue weighted by Crippen LogP contribution is 2.29. The predicted octanol–water partition coefficient (Wildman–Crippen LogP) is 2.84. The second-order valence-electron chi connectivity index (χ2n) is 6.22. The Morgan fingerprint density at radius 1 is 0.931 bits per heavy atom. The Bertz CT molecular complexity index is 1130. The third-order valence-corrected chi connectivity index (χ3v) is 7.50. The summed E-state index contributed by atoms with van der Waals surface area (Å²) < 4.78 is 52.9. The lowest BCUT2D eigenvalue weighted by molar-refractivity contribution is 0.102. The molecule has 2 rings (SSSR count). The molecular formula is C17H19Cl2N3O5S2. The van der Waals surface area contributed by atoms with E-state index in [2.05, 4.69) is 14.8 Å².